The van der Waals surface area contributed by atoms with E-state index < -0.39 is 0 Å². The number of rotatable bonds is 11. The highest BCUT2D eigenvalue weighted by Gasteiger charge is 2.60. The molecular formula is C52H97N5OS. The first kappa shape index (κ1) is 56.9. The summed E-state index contributed by atoms with van der Waals surface area (Å²) in [7, 11) is 3.76. The minimum Gasteiger partial charge on any atom is -0.405 e. The normalized spacial score (nSPS) is 32.0. The van der Waals surface area contributed by atoms with E-state index in [1.165, 1.54) is 82.3 Å². The van der Waals surface area contributed by atoms with Gasteiger partial charge in [-0.05, 0) is 161 Å². The first-order valence-corrected chi connectivity index (χ1v) is 24.3. The maximum Gasteiger partial charge on any atom is 0.0813 e. The first-order chi connectivity index (χ1) is 28.0. The lowest BCUT2D eigenvalue weighted by Gasteiger charge is -2.61. The van der Waals surface area contributed by atoms with Gasteiger partial charge in [0.15, 0.2) is 0 Å². The first-order valence-electron chi connectivity index (χ1n) is 23.3. The molecule has 59 heavy (non-hydrogen) atoms. The number of likely N-dealkylation sites (N-methyl/N-ethyl adjacent to an activating group) is 1. The van der Waals surface area contributed by atoms with Gasteiger partial charge in [-0.25, -0.2) is 0 Å². The molecule has 6 nitrogen and oxygen atoms in total. The van der Waals surface area contributed by atoms with Gasteiger partial charge in [0.25, 0.3) is 0 Å². The van der Waals surface area contributed by atoms with Gasteiger partial charge in [-0.1, -0.05) is 81.5 Å². The van der Waals surface area contributed by atoms with Gasteiger partial charge in [0.05, 0.1) is 22.9 Å². The number of aliphatic hydroxyl groups is 1. The van der Waals surface area contributed by atoms with E-state index in [-0.39, 0.29) is 12.1 Å². The van der Waals surface area contributed by atoms with Crippen LogP contribution in [-0.2, 0) is 0 Å². The van der Waals surface area contributed by atoms with Crippen molar-refractivity contribution in [3.63, 3.8) is 0 Å². The van der Waals surface area contributed by atoms with Crippen LogP contribution in [-0.4, -0.2) is 53.9 Å². The van der Waals surface area contributed by atoms with Crippen molar-refractivity contribution in [1.82, 2.24) is 10.2 Å². The van der Waals surface area contributed by atoms with Crippen LogP contribution in [0.3, 0.4) is 0 Å². The molecule has 0 aromatic heterocycles. The summed E-state index contributed by atoms with van der Waals surface area (Å²) in [5.41, 5.74) is 19.4. The minimum atomic E-state index is -0.0456. The van der Waals surface area contributed by atoms with Crippen LogP contribution in [0.2, 0.25) is 0 Å². The van der Waals surface area contributed by atoms with E-state index in [1.54, 1.807) is 0 Å². The Hall–Kier alpha value is -2.11. The summed E-state index contributed by atoms with van der Waals surface area (Å²) in [5, 5.41) is 14.5. The van der Waals surface area contributed by atoms with E-state index in [4.69, 9.17) is 12.2 Å². The van der Waals surface area contributed by atoms with Gasteiger partial charge in [-0.3, -0.25) is 0 Å². The minimum absolute atomic E-state index is 0.0456. The van der Waals surface area contributed by atoms with Crippen molar-refractivity contribution in [2.24, 2.45) is 74.9 Å². The van der Waals surface area contributed by atoms with Gasteiger partial charge >= 0.3 is 0 Å². The van der Waals surface area contributed by atoms with Gasteiger partial charge in [-0.2, -0.15) is 0 Å². The molecule has 12 atom stereocenters. The summed E-state index contributed by atoms with van der Waals surface area (Å²) >= 11 is 2.07. The molecule has 0 bridgehead atoms. The molecule has 5 rings (SSSR count). The third kappa shape index (κ3) is 15.0. The second kappa shape index (κ2) is 27.8. The Kier molecular flexibility index (Phi) is 26.8. The van der Waals surface area contributed by atoms with Gasteiger partial charge in [0.1, 0.15) is 0 Å². The number of hydrogen-bond acceptors (Lipinski definition) is 7. The van der Waals surface area contributed by atoms with Gasteiger partial charge in [-0.15, -0.1) is 43.8 Å². The Bertz CT molecular complexity index is 1300. The maximum atomic E-state index is 10.4. The Morgan fingerprint density at radius 1 is 1.03 bits per heavy atom. The van der Waals surface area contributed by atoms with E-state index in [0.29, 0.717) is 27.5 Å². The molecule has 0 saturated heterocycles. The topological polar surface area (TPSA) is 114 Å². The molecule has 0 radical (unpaired) electrons. The predicted molar refractivity (Wildman–Crippen MR) is 265 cm³/mol. The van der Waals surface area contributed by atoms with E-state index in [1.807, 2.05) is 13.8 Å². The fraction of sp³-hybridized carbons (Fsp3) is 0.769. The van der Waals surface area contributed by atoms with Crippen molar-refractivity contribution in [3.8, 4) is 12.3 Å². The van der Waals surface area contributed by atoms with Gasteiger partial charge in [0, 0.05) is 31.2 Å². The van der Waals surface area contributed by atoms with Crippen LogP contribution in [0.15, 0.2) is 62.1 Å². The fourth-order valence-corrected chi connectivity index (χ4v) is 13.1. The molecule has 4 aliphatic carbocycles. The van der Waals surface area contributed by atoms with Crippen LogP contribution in [0.5, 0.6) is 0 Å². The number of fused-ring (bicyclic) bond motifs is 5. The Morgan fingerprint density at radius 3 is 2.12 bits per heavy atom. The molecule has 1 aliphatic heterocycles. The third-order valence-corrected chi connectivity index (χ3v) is 16.4. The van der Waals surface area contributed by atoms with E-state index in [9.17, 15) is 5.11 Å². The lowest BCUT2D eigenvalue weighted by atomic mass is 9.44. The summed E-state index contributed by atoms with van der Waals surface area (Å²) in [6, 6.07) is 0.269. The molecule has 0 aromatic rings. The SMILES string of the molecule is C#CCC(CC)NC(=C)C1=C(C)CSC(C(C=C)CCC(C)C2CCC3C4CCC5CC(O)CCC5(C)C4CCC23C)N1C.C=C.C=CN.CC.CC(C)(C)CN.CN. The number of nitrogens with one attached hydrogen (secondary N) is 1. The molecule has 7 heteroatoms. The lowest BCUT2D eigenvalue weighted by molar-refractivity contribution is -0.129. The average molecular weight is 840 g/mol. The molecule has 342 valence electrons. The van der Waals surface area contributed by atoms with Gasteiger partial charge < -0.3 is 32.5 Å². The summed E-state index contributed by atoms with van der Waals surface area (Å²) in [6.45, 7) is 41.5. The number of nitrogens with zero attached hydrogens (tertiary/aromatic N) is 1. The smallest absolute Gasteiger partial charge is 0.0813 e. The monoisotopic (exact) mass is 840 g/mol. The zero-order chi connectivity index (χ0) is 45.7. The molecule has 12 unspecified atom stereocenters. The highest BCUT2D eigenvalue weighted by Crippen LogP contribution is 2.68. The second-order valence-corrected chi connectivity index (χ2v) is 20.5. The van der Waals surface area contributed by atoms with Crippen LogP contribution in [0, 0.1) is 70.0 Å². The van der Waals surface area contributed by atoms with E-state index in [2.05, 4.69) is 141 Å². The Balaban J connectivity index is 0.00000196. The van der Waals surface area contributed by atoms with Crippen molar-refractivity contribution in [1.29, 1.82) is 0 Å². The Morgan fingerprint density at radius 2 is 1.59 bits per heavy atom. The van der Waals surface area contributed by atoms with Crippen LogP contribution in [0.25, 0.3) is 0 Å². The maximum absolute atomic E-state index is 10.4. The summed E-state index contributed by atoms with van der Waals surface area (Å²) in [6.07, 6.45) is 25.1. The Labute approximate surface area is 371 Å². The van der Waals surface area contributed by atoms with Crippen molar-refractivity contribution < 1.29 is 5.11 Å². The van der Waals surface area contributed by atoms with Crippen molar-refractivity contribution in [2.45, 2.75) is 170 Å². The van der Waals surface area contributed by atoms with E-state index >= 15 is 0 Å². The van der Waals surface area contributed by atoms with Crippen LogP contribution in [0.1, 0.15) is 153 Å². The highest BCUT2D eigenvalue weighted by molar-refractivity contribution is 8.00. The number of terminal acetylenes is 1. The van der Waals surface area contributed by atoms with Crippen molar-refractivity contribution >= 4 is 11.8 Å². The molecule has 0 spiro atoms. The number of aliphatic hydroxyl groups excluding tert-OH is 1. The molecule has 0 aromatic carbocycles. The van der Waals surface area contributed by atoms with Crippen LogP contribution in [0.4, 0.5) is 0 Å². The summed E-state index contributed by atoms with van der Waals surface area (Å²) < 4.78 is 0. The predicted octanol–water partition coefficient (Wildman–Crippen LogP) is 11.9. The second-order valence-electron chi connectivity index (χ2n) is 19.3. The highest BCUT2D eigenvalue weighted by atomic mass is 32.2. The largest absolute Gasteiger partial charge is 0.405 e. The molecule has 5 aliphatic rings. The van der Waals surface area contributed by atoms with Crippen LogP contribution >= 0.6 is 11.8 Å². The van der Waals surface area contributed by atoms with Gasteiger partial charge in [0.2, 0.25) is 0 Å². The lowest BCUT2D eigenvalue weighted by Crippen LogP contribution is -2.54. The van der Waals surface area contributed by atoms with Crippen molar-refractivity contribution in [3.05, 3.63) is 62.1 Å². The summed E-state index contributed by atoms with van der Waals surface area (Å²) in [4.78, 5) is 2.48. The number of hydrogen-bond donors (Lipinski definition) is 5. The average Bonchev–Trinajstić information content (AvgIpc) is 3.58. The fourth-order valence-electron chi connectivity index (χ4n) is 11.7. The quantitative estimate of drug-likeness (QED) is 0.104. The number of nitrogens with two attached hydrogens (primary N) is 3. The third-order valence-electron chi connectivity index (χ3n) is 14.8. The molecule has 4 saturated carbocycles. The standard InChI is InChI=1S/C40H64N2OS.C5H13N.C2H5N.C2H6.C2H4.CH5N/c1-10-13-31(12-3)41-28(6)37-27(5)25-44-38(42(37)9)29(11-2)15-14-26(4)34-18-19-35-33-17-16-30-24-32(43)20-22-39(30,7)36(33)21-23-40(34,35)8;1-5(2,3)4-6;1-2-3;3*1-2/h1,11,26,29-36,38,41,43H,2,6,12-25H2,3-5,7-9H3;4,6H2,1-3H3;2H,1,3H2;1-2H3;1-2H2;2H2,1H3. The zero-order valence-corrected chi connectivity index (χ0v) is 41.5. The summed E-state index contributed by atoms with van der Waals surface area (Å²) in [5.74, 6) is 9.38. The molecular weight excluding hydrogens is 743 g/mol. The number of thioether (sulfide) groups is 1. The molecule has 4 fully saturated rings. The molecule has 1 heterocycles. The van der Waals surface area contributed by atoms with Crippen molar-refractivity contribution in [2.75, 3.05) is 26.4 Å². The molecule has 8 N–H and O–H groups in total. The zero-order valence-electron chi connectivity index (χ0n) is 40.7. The van der Waals surface area contributed by atoms with Crippen LogP contribution < -0.4 is 22.5 Å². The molecule has 0 amide bonds. The van der Waals surface area contributed by atoms with E-state index in [0.717, 1.165) is 79.2 Å².